The molecule has 1 aromatic heterocycles. The summed E-state index contributed by atoms with van der Waals surface area (Å²) in [5.41, 5.74) is 0.444. The molecule has 1 N–H and O–H groups in total. The summed E-state index contributed by atoms with van der Waals surface area (Å²) in [4.78, 5) is 14.2. The topological polar surface area (TPSA) is 51.3 Å². The second kappa shape index (κ2) is 4.83. The van der Waals surface area contributed by atoms with Crippen molar-refractivity contribution in [3.63, 3.8) is 0 Å². The highest BCUT2D eigenvalue weighted by Gasteiger charge is 2.32. The van der Waals surface area contributed by atoms with Crippen molar-refractivity contribution in [2.24, 2.45) is 0 Å². The van der Waals surface area contributed by atoms with E-state index in [1.807, 2.05) is 0 Å². The van der Waals surface area contributed by atoms with Gasteiger partial charge < -0.3 is 14.5 Å². The lowest BCUT2D eigenvalue weighted by Crippen LogP contribution is -2.17. The number of alkyl halides is 3. The van der Waals surface area contributed by atoms with Gasteiger partial charge in [-0.15, -0.1) is 13.2 Å². The largest absolute Gasteiger partial charge is 0.573 e. The number of nitrogens with one attached hydrogen (secondary N) is 1. The van der Waals surface area contributed by atoms with Crippen LogP contribution >= 0.6 is 0 Å². The maximum atomic E-state index is 12.2. The van der Waals surface area contributed by atoms with Crippen LogP contribution in [-0.2, 0) is 4.74 Å². The first-order valence-corrected chi connectivity index (χ1v) is 5.45. The van der Waals surface area contributed by atoms with Gasteiger partial charge in [-0.2, -0.15) is 0 Å². The number of H-pyrrole nitrogens is 1. The van der Waals surface area contributed by atoms with E-state index in [-0.39, 0.29) is 23.4 Å². The minimum Gasteiger partial charge on any atom is -0.461 e. The highest BCUT2D eigenvalue weighted by atomic mass is 19.4. The average molecular weight is 273 g/mol. The lowest BCUT2D eigenvalue weighted by molar-refractivity contribution is -0.274. The molecular formula is C12H10F3NO3. The monoisotopic (exact) mass is 273 g/mol. The molecule has 0 spiro atoms. The van der Waals surface area contributed by atoms with E-state index in [9.17, 15) is 18.0 Å². The number of hydrogen-bond acceptors (Lipinski definition) is 3. The molecule has 1 heterocycles. The van der Waals surface area contributed by atoms with E-state index < -0.39 is 12.3 Å². The number of aromatic amines is 1. The summed E-state index contributed by atoms with van der Waals surface area (Å²) < 4.78 is 45.4. The number of hydrogen-bond donors (Lipinski definition) is 1. The fraction of sp³-hybridized carbons (Fsp3) is 0.250. The molecular weight excluding hydrogens is 263 g/mol. The van der Waals surface area contributed by atoms with E-state index in [1.165, 1.54) is 18.2 Å². The second-order valence-electron chi connectivity index (χ2n) is 3.67. The van der Waals surface area contributed by atoms with Crippen LogP contribution in [0.5, 0.6) is 5.75 Å². The first-order chi connectivity index (χ1) is 8.90. The minimum absolute atomic E-state index is 0.0788. The van der Waals surface area contributed by atoms with E-state index in [2.05, 4.69) is 9.72 Å². The van der Waals surface area contributed by atoms with Crippen LogP contribution in [0.4, 0.5) is 13.2 Å². The number of esters is 1. The lowest BCUT2D eigenvalue weighted by atomic mass is 10.2. The third-order valence-corrected chi connectivity index (χ3v) is 2.35. The predicted molar refractivity (Wildman–Crippen MR) is 60.9 cm³/mol. The minimum atomic E-state index is -4.78. The number of carbonyl (C=O) groups is 1. The zero-order valence-corrected chi connectivity index (χ0v) is 9.88. The Morgan fingerprint density at radius 2 is 2.11 bits per heavy atom. The predicted octanol–water partition coefficient (Wildman–Crippen LogP) is 3.24. The van der Waals surface area contributed by atoms with Gasteiger partial charge in [0.05, 0.1) is 6.61 Å². The van der Waals surface area contributed by atoms with Crippen molar-refractivity contribution in [1.29, 1.82) is 0 Å². The standard InChI is InChI=1S/C12H10F3NO3/c1-2-18-11(17)9-6-7-8(16-9)4-3-5-10(7)19-12(13,14)15/h3-6,16H,2H2,1H3. The zero-order chi connectivity index (χ0) is 14.0. The molecule has 0 aliphatic rings. The Bertz CT molecular complexity index is 604. The van der Waals surface area contributed by atoms with Crippen molar-refractivity contribution in [3.8, 4) is 5.75 Å². The molecule has 4 nitrogen and oxygen atoms in total. The normalized spacial score (nSPS) is 11.6. The van der Waals surface area contributed by atoms with Crippen LogP contribution in [0.2, 0.25) is 0 Å². The van der Waals surface area contributed by atoms with Crippen LogP contribution in [0.1, 0.15) is 17.4 Å². The molecule has 0 aliphatic heterocycles. The van der Waals surface area contributed by atoms with Gasteiger partial charge in [-0.1, -0.05) is 6.07 Å². The van der Waals surface area contributed by atoms with Gasteiger partial charge in [-0.25, -0.2) is 4.79 Å². The van der Waals surface area contributed by atoms with Crippen LogP contribution in [0.15, 0.2) is 24.3 Å². The highest BCUT2D eigenvalue weighted by molar-refractivity contribution is 5.97. The molecule has 7 heteroatoms. The molecule has 0 amide bonds. The van der Waals surface area contributed by atoms with Crippen molar-refractivity contribution in [2.45, 2.75) is 13.3 Å². The molecule has 0 atom stereocenters. The van der Waals surface area contributed by atoms with E-state index in [0.29, 0.717) is 5.52 Å². The Morgan fingerprint density at radius 3 is 2.74 bits per heavy atom. The molecule has 0 unspecified atom stereocenters. The average Bonchev–Trinajstić information content (AvgIpc) is 2.72. The number of benzene rings is 1. The number of carbonyl (C=O) groups excluding carboxylic acids is 1. The molecule has 0 bridgehead atoms. The Kier molecular flexibility index (Phi) is 3.37. The summed E-state index contributed by atoms with van der Waals surface area (Å²) in [5, 5.41) is 0.169. The van der Waals surface area contributed by atoms with E-state index >= 15 is 0 Å². The second-order valence-corrected chi connectivity index (χ2v) is 3.67. The van der Waals surface area contributed by atoms with Gasteiger partial charge >= 0.3 is 12.3 Å². The van der Waals surface area contributed by atoms with Gasteiger partial charge in [0, 0.05) is 10.9 Å². The molecule has 2 rings (SSSR count). The maximum absolute atomic E-state index is 12.2. The summed E-state index contributed by atoms with van der Waals surface area (Å²) in [7, 11) is 0. The summed E-state index contributed by atoms with van der Waals surface area (Å²) in [6.07, 6.45) is -4.78. The van der Waals surface area contributed by atoms with Gasteiger partial charge in [0.15, 0.2) is 0 Å². The first-order valence-electron chi connectivity index (χ1n) is 5.45. The molecule has 0 fully saturated rings. The van der Waals surface area contributed by atoms with Gasteiger partial charge in [-0.3, -0.25) is 0 Å². The Balaban J connectivity index is 2.42. The third kappa shape index (κ3) is 2.98. The smallest absolute Gasteiger partial charge is 0.461 e. The van der Waals surface area contributed by atoms with E-state index in [4.69, 9.17) is 4.74 Å². The molecule has 19 heavy (non-hydrogen) atoms. The van der Waals surface area contributed by atoms with Crippen molar-refractivity contribution >= 4 is 16.9 Å². The highest BCUT2D eigenvalue weighted by Crippen LogP contribution is 2.31. The fourth-order valence-corrected chi connectivity index (χ4v) is 1.66. The van der Waals surface area contributed by atoms with Crippen LogP contribution < -0.4 is 4.74 Å². The Morgan fingerprint density at radius 1 is 1.37 bits per heavy atom. The number of aromatic nitrogens is 1. The quantitative estimate of drug-likeness (QED) is 0.873. The van der Waals surface area contributed by atoms with Crippen LogP contribution in [-0.4, -0.2) is 23.9 Å². The first kappa shape index (κ1) is 13.3. The van der Waals surface area contributed by atoms with Gasteiger partial charge in [0.1, 0.15) is 11.4 Å². The molecule has 2 aromatic rings. The molecule has 0 saturated carbocycles. The van der Waals surface area contributed by atoms with Crippen LogP contribution in [0, 0.1) is 0 Å². The van der Waals surface area contributed by atoms with Gasteiger partial charge in [0.25, 0.3) is 0 Å². The number of halogens is 3. The molecule has 0 radical (unpaired) electrons. The molecule has 0 aliphatic carbocycles. The fourth-order valence-electron chi connectivity index (χ4n) is 1.66. The SMILES string of the molecule is CCOC(=O)c1cc2c(OC(F)(F)F)cccc2[nH]1. The van der Waals surface area contributed by atoms with E-state index in [0.717, 1.165) is 0 Å². The van der Waals surface area contributed by atoms with Crippen molar-refractivity contribution < 1.29 is 27.4 Å². The lowest BCUT2D eigenvalue weighted by Gasteiger charge is -2.09. The van der Waals surface area contributed by atoms with Gasteiger partial charge in [0.2, 0.25) is 0 Å². The van der Waals surface area contributed by atoms with Crippen molar-refractivity contribution in [1.82, 2.24) is 4.98 Å². The van der Waals surface area contributed by atoms with Crippen LogP contribution in [0.3, 0.4) is 0 Å². The van der Waals surface area contributed by atoms with Gasteiger partial charge in [-0.05, 0) is 25.1 Å². The Labute approximate surface area is 106 Å². The van der Waals surface area contributed by atoms with E-state index in [1.54, 1.807) is 13.0 Å². The number of fused-ring (bicyclic) bond motifs is 1. The number of rotatable bonds is 3. The maximum Gasteiger partial charge on any atom is 0.573 e. The number of ether oxygens (including phenoxy) is 2. The summed E-state index contributed by atoms with van der Waals surface area (Å²) in [5.74, 6) is -0.992. The third-order valence-electron chi connectivity index (χ3n) is 2.35. The van der Waals surface area contributed by atoms with Crippen molar-refractivity contribution in [3.05, 3.63) is 30.0 Å². The molecule has 0 saturated heterocycles. The summed E-state index contributed by atoms with van der Waals surface area (Å²) in [6, 6.07) is 5.39. The van der Waals surface area contributed by atoms with Crippen LogP contribution in [0.25, 0.3) is 10.9 Å². The summed E-state index contributed by atoms with van der Waals surface area (Å²) in [6.45, 7) is 1.82. The zero-order valence-electron chi connectivity index (χ0n) is 9.88. The molecule has 102 valence electrons. The molecule has 1 aromatic carbocycles. The summed E-state index contributed by atoms with van der Waals surface area (Å²) >= 11 is 0. The van der Waals surface area contributed by atoms with Crippen molar-refractivity contribution in [2.75, 3.05) is 6.61 Å². The Hall–Kier alpha value is -2.18.